The second-order valence-electron chi connectivity index (χ2n) is 2.73. The number of nitrogens with one attached hydrogen (secondary N) is 1. The molecule has 0 saturated carbocycles. The smallest absolute Gasteiger partial charge is 0.223 e. The second kappa shape index (κ2) is 3.95. The van der Waals surface area contributed by atoms with E-state index in [4.69, 9.17) is 0 Å². The van der Waals surface area contributed by atoms with E-state index in [0.29, 0.717) is 11.6 Å². The third-order valence-corrected chi connectivity index (χ3v) is 1.77. The van der Waals surface area contributed by atoms with Crippen molar-refractivity contribution in [3.05, 3.63) is 30.6 Å². The molecule has 0 radical (unpaired) electrons. The Morgan fingerprint density at radius 1 is 1.20 bits per heavy atom. The summed E-state index contributed by atoms with van der Waals surface area (Å²) in [6, 6.07) is 0. The van der Waals surface area contributed by atoms with Crippen LogP contribution in [0.2, 0.25) is 0 Å². The Hall–Kier alpha value is -2.11. The number of aromatic nitrogens is 4. The molecule has 0 aliphatic heterocycles. The fourth-order valence-electron chi connectivity index (χ4n) is 1.09. The van der Waals surface area contributed by atoms with Crippen molar-refractivity contribution < 1.29 is 4.39 Å². The highest BCUT2D eigenvalue weighted by molar-refractivity contribution is 5.54. The number of hydrogen-bond acceptors (Lipinski definition) is 5. The van der Waals surface area contributed by atoms with Crippen LogP contribution < -0.4 is 5.32 Å². The molecule has 6 heteroatoms. The molecule has 0 atom stereocenters. The van der Waals surface area contributed by atoms with Gasteiger partial charge in [0.25, 0.3) is 0 Å². The predicted octanol–water partition coefficient (Wildman–Crippen LogP) is 1.11. The first kappa shape index (κ1) is 9.45. The van der Waals surface area contributed by atoms with Crippen LogP contribution in [0.4, 0.5) is 10.3 Å². The highest BCUT2D eigenvalue weighted by Gasteiger charge is 2.09. The van der Waals surface area contributed by atoms with Gasteiger partial charge in [-0.1, -0.05) is 0 Å². The molecule has 2 rings (SSSR count). The maximum Gasteiger partial charge on any atom is 0.223 e. The zero-order chi connectivity index (χ0) is 10.7. The van der Waals surface area contributed by atoms with Gasteiger partial charge in [0.15, 0.2) is 5.82 Å². The number of nitrogens with zero attached hydrogens (tertiary/aromatic N) is 4. The second-order valence-corrected chi connectivity index (χ2v) is 2.73. The summed E-state index contributed by atoms with van der Waals surface area (Å²) in [7, 11) is 1.66. The van der Waals surface area contributed by atoms with Crippen molar-refractivity contribution in [2.24, 2.45) is 0 Å². The lowest BCUT2D eigenvalue weighted by Gasteiger charge is -2.02. The van der Waals surface area contributed by atoms with Crippen LogP contribution >= 0.6 is 0 Å². The fraction of sp³-hybridized carbons (Fsp3) is 0.111. The lowest BCUT2D eigenvalue weighted by atomic mass is 10.3. The van der Waals surface area contributed by atoms with Crippen LogP contribution in [0.15, 0.2) is 24.8 Å². The summed E-state index contributed by atoms with van der Waals surface area (Å²) >= 11 is 0. The van der Waals surface area contributed by atoms with Crippen LogP contribution in [0, 0.1) is 5.82 Å². The predicted molar refractivity (Wildman–Crippen MR) is 52.6 cm³/mol. The van der Waals surface area contributed by atoms with Gasteiger partial charge in [-0.2, -0.15) is 0 Å². The highest BCUT2D eigenvalue weighted by Crippen LogP contribution is 2.17. The Kier molecular flexibility index (Phi) is 2.49. The van der Waals surface area contributed by atoms with Gasteiger partial charge < -0.3 is 5.32 Å². The SMILES string of the molecule is CNc1ncc(F)c(-c2cnccn2)n1. The Bertz CT molecular complexity index is 459. The summed E-state index contributed by atoms with van der Waals surface area (Å²) < 4.78 is 13.4. The first-order valence-electron chi connectivity index (χ1n) is 4.28. The van der Waals surface area contributed by atoms with E-state index >= 15 is 0 Å². The third-order valence-electron chi connectivity index (χ3n) is 1.77. The first-order valence-corrected chi connectivity index (χ1v) is 4.28. The average molecular weight is 205 g/mol. The van der Waals surface area contributed by atoms with Gasteiger partial charge in [-0.3, -0.25) is 9.97 Å². The van der Waals surface area contributed by atoms with Crippen LogP contribution in [0.1, 0.15) is 0 Å². The van der Waals surface area contributed by atoms with Gasteiger partial charge in [0.05, 0.1) is 12.4 Å². The molecule has 0 unspecified atom stereocenters. The van der Waals surface area contributed by atoms with Crippen molar-refractivity contribution in [3.8, 4) is 11.4 Å². The third kappa shape index (κ3) is 1.88. The van der Waals surface area contributed by atoms with Crippen LogP contribution in [0.5, 0.6) is 0 Å². The minimum absolute atomic E-state index is 0.141. The standard InChI is InChI=1S/C9H8FN5/c1-11-9-14-4-6(10)8(15-9)7-5-12-2-3-13-7/h2-5H,1H3,(H,11,14,15). The van der Waals surface area contributed by atoms with E-state index in [2.05, 4.69) is 25.3 Å². The molecule has 0 fully saturated rings. The summed E-state index contributed by atoms with van der Waals surface area (Å²) in [6.45, 7) is 0. The molecule has 2 aromatic heterocycles. The lowest BCUT2D eigenvalue weighted by molar-refractivity contribution is 0.618. The number of hydrogen-bond donors (Lipinski definition) is 1. The van der Waals surface area contributed by atoms with Crippen molar-refractivity contribution in [1.29, 1.82) is 0 Å². The summed E-state index contributed by atoms with van der Waals surface area (Å²) in [5.74, 6) is -0.174. The maximum absolute atomic E-state index is 13.4. The molecule has 0 spiro atoms. The van der Waals surface area contributed by atoms with Crippen molar-refractivity contribution >= 4 is 5.95 Å². The van der Waals surface area contributed by atoms with Gasteiger partial charge in [0.1, 0.15) is 11.4 Å². The zero-order valence-corrected chi connectivity index (χ0v) is 7.98. The Balaban J connectivity index is 2.52. The summed E-state index contributed by atoms with van der Waals surface area (Å²) in [6.07, 6.45) is 5.55. The van der Waals surface area contributed by atoms with Crippen LogP contribution in [-0.2, 0) is 0 Å². The molecule has 2 heterocycles. The zero-order valence-electron chi connectivity index (χ0n) is 7.98. The Labute approximate surface area is 85.4 Å². The van der Waals surface area contributed by atoms with Crippen molar-refractivity contribution in [2.75, 3.05) is 12.4 Å². The largest absolute Gasteiger partial charge is 0.357 e. The van der Waals surface area contributed by atoms with Crippen molar-refractivity contribution in [3.63, 3.8) is 0 Å². The molecule has 1 N–H and O–H groups in total. The topological polar surface area (TPSA) is 63.6 Å². The van der Waals surface area contributed by atoms with Crippen molar-refractivity contribution in [2.45, 2.75) is 0 Å². The van der Waals surface area contributed by atoms with Gasteiger partial charge in [-0.15, -0.1) is 0 Å². The van der Waals surface area contributed by atoms with E-state index in [1.54, 1.807) is 7.05 Å². The number of halogens is 1. The van der Waals surface area contributed by atoms with E-state index in [1.807, 2.05) is 0 Å². The number of rotatable bonds is 2. The van der Waals surface area contributed by atoms with Crippen LogP contribution in [0.3, 0.4) is 0 Å². The van der Waals surface area contributed by atoms with Crippen LogP contribution in [-0.4, -0.2) is 27.0 Å². The highest BCUT2D eigenvalue weighted by atomic mass is 19.1. The van der Waals surface area contributed by atoms with E-state index in [0.717, 1.165) is 6.20 Å². The molecule has 0 aromatic carbocycles. The molecule has 2 aromatic rings. The normalized spacial score (nSPS) is 10.0. The monoisotopic (exact) mass is 205 g/mol. The minimum Gasteiger partial charge on any atom is -0.357 e. The van der Waals surface area contributed by atoms with Crippen LogP contribution in [0.25, 0.3) is 11.4 Å². The summed E-state index contributed by atoms with van der Waals surface area (Å²) in [5.41, 5.74) is 0.524. The van der Waals surface area contributed by atoms with Gasteiger partial charge >= 0.3 is 0 Å². The fourth-order valence-corrected chi connectivity index (χ4v) is 1.09. The van der Waals surface area contributed by atoms with Gasteiger partial charge in [-0.05, 0) is 0 Å². The number of anilines is 1. The molecular weight excluding hydrogens is 197 g/mol. The lowest BCUT2D eigenvalue weighted by Crippen LogP contribution is -2.00. The molecule has 5 nitrogen and oxygen atoms in total. The van der Waals surface area contributed by atoms with E-state index in [-0.39, 0.29) is 5.69 Å². The van der Waals surface area contributed by atoms with E-state index < -0.39 is 5.82 Å². The quantitative estimate of drug-likeness (QED) is 0.795. The minimum atomic E-state index is -0.519. The van der Waals surface area contributed by atoms with E-state index in [9.17, 15) is 4.39 Å². The average Bonchev–Trinajstić information content (AvgIpc) is 2.31. The first-order chi connectivity index (χ1) is 7.31. The molecule has 15 heavy (non-hydrogen) atoms. The molecule has 0 amide bonds. The summed E-state index contributed by atoms with van der Waals surface area (Å²) in [4.78, 5) is 15.5. The molecule has 0 bridgehead atoms. The van der Waals surface area contributed by atoms with Gasteiger partial charge in [0.2, 0.25) is 5.95 Å². The van der Waals surface area contributed by atoms with Gasteiger partial charge in [-0.25, -0.2) is 14.4 Å². The molecule has 76 valence electrons. The molecule has 0 aliphatic carbocycles. The van der Waals surface area contributed by atoms with E-state index in [1.165, 1.54) is 18.6 Å². The Morgan fingerprint density at radius 3 is 2.73 bits per heavy atom. The maximum atomic E-state index is 13.4. The van der Waals surface area contributed by atoms with Crippen molar-refractivity contribution in [1.82, 2.24) is 19.9 Å². The molecular formula is C9H8FN5. The Morgan fingerprint density at radius 2 is 2.07 bits per heavy atom. The summed E-state index contributed by atoms with van der Waals surface area (Å²) in [5, 5.41) is 2.73. The molecule has 0 aliphatic rings. The van der Waals surface area contributed by atoms with Gasteiger partial charge in [0, 0.05) is 19.4 Å². The molecule has 0 saturated heterocycles.